The summed E-state index contributed by atoms with van der Waals surface area (Å²) >= 11 is 12.6. The van der Waals surface area contributed by atoms with Gasteiger partial charge in [-0.3, -0.25) is 9.59 Å². The highest BCUT2D eigenvalue weighted by atomic mass is 35.5. The van der Waals surface area contributed by atoms with Gasteiger partial charge >= 0.3 is 0 Å². The van der Waals surface area contributed by atoms with Crippen LogP contribution < -0.4 is 10.1 Å². The molecule has 0 heterocycles. The van der Waals surface area contributed by atoms with E-state index in [2.05, 4.69) is 5.32 Å². The van der Waals surface area contributed by atoms with E-state index in [-0.39, 0.29) is 24.8 Å². The van der Waals surface area contributed by atoms with Crippen LogP contribution in [-0.4, -0.2) is 34.9 Å². The van der Waals surface area contributed by atoms with Crippen molar-refractivity contribution in [3.05, 3.63) is 99.5 Å². The molecule has 0 unspecified atom stereocenters. The zero-order valence-electron chi connectivity index (χ0n) is 22.5. The number of hydrogen-bond donors (Lipinski definition) is 1. The molecule has 202 valence electrons. The minimum absolute atomic E-state index is 0.145. The molecule has 3 aromatic carbocycles. The number of rotatable bonds is 11. The van der Waals surface area contributed by atoms with E-state index >= 15 is 0 Å². The number of benzene rings is 3. The Morgan fingerprint density at radius 3 is 2.29 bits per heavy atom. The minimum atomic E-state index is -0.728. The second-order valence-corrected chi connectivity index (χ2v) is 11.3. The quantitative estimate of drug-likeness (QED) is 0.259. The molecule has 2 amide bonds. The summed E-state index contributed by atoms with van der Waals surface area (Å²) in [5.74, 6) is 0.406. The number of carbonyl (C=O) groups is 2. The molecule has 7 heteroatoms. The summed E-state index contributed by atoms with van der Waals surface area (Å²) < 4.78 is 5.83. The van der Waals surface area contributed by atoms with Gasteiger partial charge in [0.05, 0.1) is 6.61 Å². The van der Waals surface area contributed by atoms with Crippen molar-refractivity contribution in [2.24, 2.45) is 0 Å². The Balaban J connectivity index is 1.84. The highest BCUT2D eigenvalue weighted by Gasteiger charge is 2.32. The second kappa shape index (κ2) is 13.7. The van der Waals surface area contributed by atoms with Crippen molar-refractivity contribution in [2.45, 2.75) is 65.1 Å². The monoisotopic (exact) mass is 554 g/mol. The normalized spacial score (nSPS) is 12.1. The van der Waals surface area contributed by atoms with Gasteiger partial charge in [-0.05, 0) is 69.5 Å². The van der Waals surface area contributed by atoms with E-state index in [1.54, 1.807) is 23.1 Å². The maximum atomic E-state index is 13.7. The standard InChI is InChI=1S/C31H36Cl2N2O3/c1-22-12-16-26(17-13-22)38-18-8-11-29(36)35(21-24-14-15-25(32)20-27(24)33)28(30(37)34-31(2,3)4)19-23-9-6-5-7-10-23/h5-7,9-10,12-17,20,28H,8,11,18-19,21H2,1-4H3,(H,34,37)/t28-/m0/s1. The third-order valence-electron chi connectivity index (χ3n) is 5.95. The molecule has 0 saturated heterocycles. The second-order valence-electron chi connectivity index (χ2n) is 10.5. The summed E-state index contributed by atoms with van der Waals surface area (Å²) in [4.78, 5) is 28.9. The number of carbonyl (C=O) groups excluding carboxylic acids is 2. The number of hydrogen-bond acceptors (Lipinski definition) is 3. The van der Waals surface area contributed by atoms with Crippen molar-refractivity contribution in [3.63, 3.8) is 0 Å². The molecule has 0 bridgehead atoms. The van der Waals surface area contributed by atoms with Crippen LogP contribution in [0, 0.1) is 6.92 Å². The molecule has 0 aliphatic rings. The summed E-state index contributed by atoms with van der Waals surface area (Å²) in [5.41, 5.74) is 2.38. The summed E-state index contributed by atoms with van der Waals surface area (Å²) in [6.07, 6.45) is 1.11. The van der Waals surface area contributed by atoms with E-state index in [1.165, 1.54) is 0 Å². The van der Waals surface area contributed by atoms with Gasteiger partial charge in [0, 0.05) is 35.0 Å². The first-order chi connectivity index (χ1) is 18.0. The topological polar surface area (TPSA) is 58.6 Å². The average Bonchev–Trinajstić information content (AvgIpc) is 2.85. The molecular weight excluding hydrogens is 519 g/mol. The Bertz CT molecular complexity index is 1210. The summed E-state index contributed by atoms with van der Waals surface area (Å²) in [6.45, 7) is 8.37. The van der Waals surface area contributed by atoms with Crippen LogP contribution in [0.4, 0.5) is 0 Å². The van der Waals surface area contributed by atoms with E-state index in [9.17, 15) is 9.59 Å². The lowest BCUT2D eigenvalue weighted by molar-refractivity contribution is -0.142. The molecule has 0 spiro atoms. The smallest absolute Gasteiger partial charge is 0.243 e. The Morgan fingerprint density at radius 1 is 0.974 bits per heavy atom. The van der Waals surface area contributed by atoms with Crippen LogP contribution in [0.3, 0.4) is 0 Å². The molecule has 0 radical (unpaired) electrons. The number of nitrogens with one attached hydrogen (secondary N) is 1. The van der Waals surface area contributed by atoms with Crippen molar-refractivity contribution in [1.82, 2.24) is 10.2 Å². The molecule has 0 aromatic heterocycles. The van der Waals surface area contributed by atoms with Crippen molar-refractivity contribution in [1.29, 1.82) is 0 Å². The molecular formula is C31H36Cl2N2O3. The van der Waals surface area contributed by atoms with Gasteiger partial charge in [0.15, 0.2) is 0 Å². The highest BCUT2D eigenvalue weighted by molar-refractivity contribution is 6.35. The largest absolute Gasteiger partial charge is 0.494 e. The van der Waals surface area contributed by atoms with Gasteiger partial charge in [-0.2, -0.15) is 0 Å². The Kier molecular flexibility index (Phi) is 10.6. The molecule has 3 aromatic rings. The van der Waals surface area contributed by atoms with Crippen LogP contribution in [0.25, 0.3) is 0 Å². The Labute approximate surface area is 236 Å². The van der Waals surface area contributed by atoms with Gasteiger partial charge in [-0.15, -0.1) is 0 Å². The Hall–Kier alpha value is -3.02. The minimum Gasteiger partial charge on any atom is -0.494 e. The van der Waals surface area contributed by atoms with Crippen LogP contribution >= 0.6 is 23.2 Å². The third kappa shape index (κ3) is 9.38. The fraction of sp³-hybridized carbons (Fsp3) is 0.355. The maximum Gasteiger partial charge on any atom is 0.243 e. The van der Waals surface area contributed by atoms with Gasteiger partial charge in [0.2, 0.25) is 11.8 Å². The molecule has 1 N–H and O–H groups in total. The zero-order chi connectivity index (χ0) is 27.7. The number of halogens is 2. The number of ether oxygens (including phenoxy) is 1. The van der Waals surface area contributed by atoms with E-state index in [0.29, 0.717) is 29.5 Å². The van der Waals surface area contributed by atoms with Gasteiger partial charge in [0.25, 0.3) is 0 Å². The zero-order valence-corrected chi connectivity index (χ0v) is 24.0. The highest BCUT2D eigenvalue weighted by Crippen LogP contribution is 2.25. The molecule has 38 heavy (non-hydrogen) atoms. The maximum absolute atomic E-state index is 13.7. The molecule has 0 aliphatic carbocycles. The molecule has 0 saturated carbocycles. The summed E-state index contributed by atoms with van der Waals surface area (Å²) in [5, 5.41) is 4.03. The van der Waals surface area contributed by atoms with Crippen LogP contribution in [0.15, 0.2) is 72.8 Å². The van der Waals surface area contributed by atoms with Gasteiger partial charge in [0.1, 0.15) is 11.8 Å². The van der Waals surface area contributed by atoms with Crippen molar-refractivity contribution in [3.8, 4) is 5.75 Å². The SMILES string of the molecule is Cc1ccc(OCCCC(=O)N(Cc2ccc(Cl)cc2Cl)[C@@H](Cc2ccccc2)C(=O)NC(C)(C)C)cc1. The van der Waals surface area contributed by atoms with Crippen molar-refractivity contribution < 1.29 is 14.3 Å². The van der Waals surface area contributed by atoms with Crippen molar-refractivity contribution in [2.75, 3.05) is 6.61 Å². The van der Waals surface area contributed by atoms with Gasteiger partial charge in [-0.25, -0.2) is 0 Å². The van der Waals surface area contributed by atoms with E-state index in [1.807, 2.05) is 82.3 Å². The number of aryl methyl sites for hydroxylation is 1. The predicted molar refractivity (Wildman–Crippen MR) is 155 cm³/mol. The summed E-state index contributed by atoms with van der Waals surface area (Å²) in [7, 11) is 0. The fourth-order valence-corrected chi connectivity index (χ4v) is 4.50. The first-order valence-corrected chi connectivity index (χ1v) is 13.6. The lowest BCUT2D eigenvalue weighted by Crippen LogP contribution is -2.54. The molecule has 5 nitrogen and oxygen atoms in total. The van der Waals surface area contributed by atoms with Crippen LogP contribution in [0.5, 0.6) is 5.75 Å². The third-order valence-corrected chi connectivity index (χ3v) is 6.54. The first kappa shape index (κ1) is 29.5. The van der Waals surface area contributed by atoms with Crippen molar-refractivity contribution >= 4 is 35.0 Å². The average molecular weight is 556 g/mol. The van der Waals surface area contributed by atoms with E-state index in [4.69, 9.17) is 27.9 Å². The van der Waals surface area contributed by atoms with Crippen LogP contribution in [0.1, 0.15) is 50.3 Å². The lowest BCUT2D eigenvalue weighted by Gasteiger charge is -2.34. The molecule has 0 fully saturated rings. The van der Waals surface area contributed by atoms with Gasteiger partial charge < -0.3 is 15.0 Å². The number of amides is 2. The molecule has 3 rings (SSSR count). The predicted octanol–water partition coefficient (Wildman–Crippen LogP) is 7.02. The van der Waals surface area contributed by atoms with Crippen LogP contribution in [-0.2, 0) is 22.6 Å². The Morgan fingerprint density at radius 2 is 1.66 bits per heavy atom. The number of nitrogens with zero attached hydrogens (tertiary/aromatic N) is 1. The van der Waals surface area contributed by atoms with E-state index in [0.717, 1.165) is 22.4 Å². The van der Waals surface area contributed by atoms with Crippen LogP contribution in [0.2, 0.25) is 10.0 Å². The molecule has 0 aliphatic heterocycles. The lowest BCUT2D eigenvalue weighted by atomic mass is 10.00. The fourth-order valence-electron chi connectivity index (χ4n) is 4.03. The van der Waals surface area contributed by atoms with Gasteiger partial charge in [-0.1, -0.05) is 77.3 Å². The summed E-state index contributed by atoms with van der Waals surface area (Å²) in [6, 6.07) is 22.0. The molecule has 1 atom stereocenters. The first-order valence-electron chi connectivity index (χ1n) is 12.8. The van der Waals surface area contributed by atoms with E-state index < -0.39 is 11.6 Å².